The molecule has 0 spiro atoms. The van der Waals surface area contributed by atoms with Crippen molar-refractivity contribution in [3.63, 3.8) is 0 Å². The Hall–Kier alpha value is -2.22. The maximum atomic E-state index is 13.3. The Kier molecular flexibility index (Phi) is 9.95. The highest BCUT2D eigenvalue weighted by Crippen LogP contribution is 2.42. The molecule has 1 heterocycles. The maximum absolute atomic E-state index is 13.3. The summed E-state index contributed by atoms with van der Waals surface area (Å²) >= 11 is 1.72. The Balaban J connectivity index is 1.62. The Morgan fingerprint density at radius 1 is 1.22 bits per heavy atom. The summed E-state index contributed by atoms with van der Waals surface area (Å²) in [5.74, 6) is 0.615. The van der Waals surface area contributed by atoms with Crippen molar-refractivity contribution in [1.82, 2.24) is 5.32 Å². The minimum Gasteiger partial charge on any atom is -0.490 e. The van der Waals surface area contributed by atoms with Gasteiger partial charge in [-0.25, -0.2) is 0 Å². The average Bonchev–Trinajstić information content (AvgIpc) is 3.17. The first-order valence-corrected chi connectivity index (χ1v) is 14.3. The molecule has 3 rings (SSSR count). The van der Waals surface area contributed by atoms with Gasteiger partial charge < -0.3 is 20.9 Å². The summed E-state index contributed by atoms with van der Waals surface area (Å²) < 4.78 is 5.96. The largest absolute Gasteiger partial charge is 0.490 e. The van der Waals surface area contributed by atoms with Crippen LogP contribution in [-0.4, -0.2) is 42.6 Å². The summed E-state index contributed by atoms with van der Waals surface area (Å²) in [7, 11) is 1.75. The van der Waals surface area contributed by atoms with Crippen LogP contribution in [0.25, 0.3) is 0 Å². The number of benzene rings is 1. The van der Waals surface area contributed by atoms with Gasteiger partial charge >= 0.3 is 0 Å². The number of carbonyl (C=O) groups is 2. The van der Waals surface area contributed by atoms with E-state index in [1.807, 2.05) is 13.8 Å². The number of thiophene rings is 1. The quantitative estimate of drug-likeness (QED) is 0.323. The molecule has 0 fully saturated rings. The molecule has 1 amide bonds. The second-order valence-corrected chi connectivity index (χ2v) is 12.4. The molecule has 0 aliphatic heterocycles. The minimum absolute atomic E-state index is 0.135. The van der Waals surface area contributed by atoms with E-state index in [0.717, 1.165) is 53.0 Å². The monoisotopic (exact) mass is 528 g/mol. The van der Waals surface area contributed by atoms with Gasteiger partial charge in [-0.05, 0) is 92.7 Å². The molecule has 6 nitrogen and oxygen atoms in total. The van der Waals surface area contributed by atoms with Gasteiger partial charge in [-0.15, -0.1) is 11.3 Å². The van der Waals surface area contributed by atoms with Gasteiger partial charge in [0.05, 0.1) is 11.0 Å². The van der Waals surface area contributed by atoms with E-state index in [-0.39, 0.29) is 24.9 Å². The number of amides is 1. The zero-order chi connectivity index (χ0) is 27.3. The lowest BCUT2D eigenvalue weighted by molar-refractivity contribution is -0.118. The Bertz CT molecular complexity index is 1100. The zero-order valence-electron chi connectivity index (χ0n) is 23.3. The van der Waals surface area contributed by atoms with Gasteiger partial charge in [0.1, 0.15) is 12.4 Å². The normalized spacial score (nSPS) is 16.2. The zero-order valence-corrected chi connectivity index (χ0v) is 24.1. The van der Waals surface area contributed by atoms with Crippen molar-refractivity contribution in [3.05, 3.63) is 49.7 Å². The Labute approximate surface area is 226 Å². The summed E-state index contributed by atoms with van der Waals surface area (Å²) in [5.41, 5.74) is 11.4. The minimum atomic E-state index is -0.719. The van der Waals surface area contributed by atoms with Crippen LogP contribution in [0.2, 0.25) is 0 Å². The van der Waals surface area contributed by atoms with Gasteiger partial charge in [0, 0.05) is 23.8 Å². The number of aliphatic hydroxyl groups excluding tert-OH is 1. The molecule has 204 valence electrons. The number of hydrogen-bond acceptors (Lipinski definition) is 6. The number of fused-ring (bicyclic) bond motifs is 1. The number of hydrogen-bond donors (Lipinski definition) is 3. The van der Waals surface area contributed by atoms with Crippen molar-refractivity contribution in [1.29, 1.82) is 0 Å². The van der Waals surface area contributed by atoms with Gasteiger partial charge in [0.2, 0.25) is 5.91 Å². The Morgan fingerprint density at radius 2 is 1.89 bits per heavy atom. The van der Waals surface area contributed by atoms with Crippen LogP contribution in [0.5, 0.6) is 5.75 Å². The van der Waals surface area contributed by atoms with Gasteiger partial charge in [-0.1, -0.05) is 32.9 Å². The van der Waals surface area contributed by atoms with E-state index in [4.69, 9.17) is 10.5 Å². The number of nitrogens with one attached hydrogen (secondary N) is 1. The predicted molar refractivity (Wildman–Crippen MR) is 151 cm³/mol. The summed E-state index contributed by atoms with van der Waals surface area (Å²) in [6, 6.07) is 3.97. The first-order valence-electron chi connectivity index (χ1n) is 13.5. The van der Waals surface area contributed by atoms with E-state index in [1.165, 1.54) is 16.0 Å². The number of aliphatic hydroxyl groups is 1. The SMILES string of the molecule is CCc1sc(C(=O)CCc2cc(C)c(OCC(O)CC(CC(N)=O)NC)c(C)c2)c2c1CC(C)(C)CC2. The maximum Gasteiger partial charge on any atom is 0.218 e. The average molecular weight is 529 g/mol. The van der Waals surface area contributed by atoms with Crippen LogP contribution in [0.1, 0.15) is 88.8 Å². The molecule has 4 N–H and O–H groups in total. The molecular weight excluding hydrogens is 484 g/mol. The number of carbonyl (C=O) groups excluding carboxylic acids is 2. The molecule has 1 aliphatic carbocycles. The summed E-state index contributed by atoms with van der Waals surface area (Å²) in [5, 5.41) is 13.4. The predicted octanol–water partition coefficient (Wildman–Crippen LogP) is 4.85. The highest BCUT2D eigenvalue weighted by atomic mass is 32.1. The van der Waals surface area contributed by atoms with E-state index < -0.39 is 12.0 Å². The lowest BCUT2D eigenvalue weighted by atomic mass is 9.74. The van der Waals surface area contributed by atoms with Crippen LogP contribution in [-0.2, 0) is 30.5 Å². The van der Waals surface area contributed by atoms with Gasteiger partial charge in [0.15, 0.2) is 5.78 Å². The number of ketones is 1. The van der Waals surface area contributed by atoms with Crippen LogP contribution in [0.15, 0.2) is 12.1 Å². The molecule has 37 heavy (non-hydrogen) atoms. The highest BCUT2D eigenvalue weighted by Gasteiger charge is 2.31. The lowest BCUT2D eigenvalue weighted by Gasteiger charge is -2.30. The molecule has 1 aliphatic rings. The summed E-state index contributed by atoms with van der Waals surface area (Å²) in [6.07, 6.45) is 5.23. The van der Waals surface area contributed by atoms with Crippen molar-refractivity contribution in [2.24, 2.45) is 11.1 Å². The molecular formula is C30H44N2O4S. The number of ether oxygens (including phenoxy) is 1. The van der Waals surface area contributed by atoms with Crippen molar-refractivity contribution < 1.29 is 19.4 Å². The molecule has 7 heteroatoms. The molecule has 0 saturated carbocycles. The molecule has 2 atom stereocenters. The molecule has 2 aromatic rings. The molecule has 2 unspecified atom stereocenters. The van der Waals surface area contributed by atoms with Crippen LogP contribution in [0, 0.1) is 19.3 Å². The van der Waals surface area contributed by atoms with Crippen molar-refractivity contribution >= 4 is 23.0 Å². The standard InChI is InChI=1S/C30H44N2O4S/c1-7-26-24-16-30(4,5)11-10-23(24)29(37-26)25(34)9-8-20-12-18(2)28(19(3)13-20)36-17-22(33)14-21(32-6)15-27(31)35/h12-13,21-22,32-33H,7-11,14-17H2,1-6H3,(H2,31,35). The summed E-state index contributed by atoms with van der Waals surface area (Å²) in [4.78, 5) is 26.8. The number of primary amides is 1. The molecule has 1 aromatic carbocycles. The third kappa shape index (κ3) is 7.65. The van der Waals surface area contributed by atoms with E-state index in [0.29, 0.717) is 24.7 Å². The van der Waals surface area contributed by atoms with E-state index >= 15 is 0 Å². The highest BCUT2D eigenvalue weighted by molar-refractivity contribution is 7.14. The first kappa shape index (κ1) is 29.3. The smallest absolute Gasteiger partial charge is 0.218 e. The lowest BCUT2D eigenvalue weighted by Crippen LogP contribution is -2.35. The van der Waals surface area contributed by atoms with Crippen LogP contribution in [0.4, 0.5) is 0 Å². The number of aryl methyl sites for hydroxylation is 4. The van der Waals surface area contributed by atoms with E-state index in [1.54, 1.807) is 18.4 Å². The van der Waals surface area contributed by atoms with Crippen molar-refractivity contribution in [2.45, 2.75) is 98.1 Å². The Morgan fingerprint density at radius 3 is 2.49 bits per heavy atom. The van der Waals surface area contributed by atoms with Crippen LogP contribution < -0.4 is 15.8 Å². The van der Waals surface area contributed by atoms with Crippen molar-refractivity contribution in [3.8, 4) is 5.75 Å². The van der Waals surface area contributed by atoms with Gasteiger partial charge in [-0.3, -0.25) is 9.59 Å². The van der Waals surface area contributed by atoms with E-state index in [2.05, 4.69) is 38.2 Å². The van der Waals surface area contributed by atoms with Gasteiger partial charge in [0.25, 0.3) is 0 Å². The molecule has 0 bridgehead atoms. The third-order valence-electron chi connectivity index (χ3n) is 7.48. The summed E-state index contributed by atoms with van der Waals surface area (Å²) in [6.45, 7) is 11.0. The van der Waals surface area contributed by atoms with Crippen molar-refractivity contribution in [2.75, 3.05) is 13.7 Å². The molecule has 0 saturated heterocycles. The van der Waals surface area contributed by atoms with Gasteiger partial charge in [-0.2, -0.15) is 0 Å². The van der Waals surface area contributed by atoms with Crippen LogP contribution in [0.3, 0.4) is 0 Å². The van der Waals surface area contributed by atoms with Crippen LogP contribution >= 0.6 is 11.3 Å². The molecule has 0 radical (unpaired) electrons. The first-order chi connectivity index (χ1) is 17.4. The topological polar surface area (TPSA) is 102 Å². The fourth-order valence-corrected chi connectivity index (χ4v) is 6.74. The second-order valence-electron chi connectivity index (χ2n) is 11.3. The number of nitrogens with two attached hydrogens (primary N) is 1. The number of rotatable bonds is 13. The van der Waals surface area contributed by atoms with E-state index in [9.17, 15) is 14.7 Å². The number of Topliss-reactive ketones (excluding diaryl/α,β-unsaturated/α-hetero) is 1. The third-order valence-corrected chi connectivity index (χ3v) is 8.93. The fourth-order valence-electron chi connectivity index (χ4n) is 5.47. The fraction of sp³-hybridized carbons (Fsp3) is 0.600. The molecule has 1 aromatic heterocycles. The second kappa shape index (κ2) is 12.5.